The fraction of sp³-hybridized carbons (Fsp3) is 0.565. The van der Waals surface area contributed by atoms with Crippen LogP contribution in [0.2, 0.25) is 0 Å². The minimum absolute atomic E-state index is 0.0166. The van der Waals surface area contributed by atoms with Gasteiger partial charge in [0.25, 0.3) is 5.91 Å². The first kappa shape index (κ1) is 21.4. The van der Waals surface area contributed by atoms with Crippen LogP contribution in [0.15, 0.2) is 30.3 Å². The lowest BCUT2D eigenvalue weighted by Crippen LogP contribution is -2.43. The molecule has 1 atom stereocenters. The highest BCUT2D eigenvalue weighted by atomic mass is 16.2. The predicted octanol–water partition coefficient (Wildman–Crippen LogP) is 3.11. The van der Waals surface area contributed by atoms with E-state index in [1.165, 1.54) is 0 Å². The van der Waals surface area contributed by atoms with Gasteiger partial charge in [-0.25, -0.2) is 0 Å². The highest BCUT2D eigenvalue weighted by Crippen LogP contribution is 2.26. The Kier molecular flexibility index (Phi) is 7.31. The zero-order chi connectivity index (χ0) is 20.8. The number of H-pyrrole nitrogens is 1. The van der Waals surface area contributed by atoms with Crippen molar-refractivity contribution >= 4 is 22.7 Å². The van der Waals surface area contributed by atoms with E-state index in [-0.39, 0.29) is 17.7 Å². The molecule has 6 heteroatoms. The molecule has 0 saturated carbocycles. The molecule has 1 fully saturated rings. The van der Waals surface area contributed by atoms with Crippen molar-refractivity contribution in [1.82, 2.24) is 20.1 Å². The van der Waals surface area contributed by atoms with Gasteiger partial charge in [-0.2, -0.15) is 0 Å². The highest BCUT2D eigenvalue weighted by molar-refractivity contribution is 5.98. The van der Waals surface area contributed by atoms with Gasteiger partial charge in [-0.15, -0.1) is 0 Å². The Balaban J connectivity index is 1.47. The number of aromatic amines is 1. The van der Waals surface area contributed by atoms with Crippen LogP contribution >= 0.6 is 0 Å². The number of benzene rings is 1. The Labute approximate surface area is 173 Å². The summed E-state index contributed by atoms with van der Waals surface area (Å²) >= 11 is 0. The maximum Gasteiger partial charge on any atom is 0.270 e. The number of rotatable bonds is 8. The van der Waals surface area contributed by atoms with E-state index in [1.807, 2.05) is 42.2 Å². The first-order chi connectivity index (χ1) is 14.0. The molecule has 0 unspecified atom stereocenters. The molecule has 1 saturated heterocycles. The molecule has 0 bridgehead atoms. The molecule has 2 aromatic rings. The van der Waals surface area contributed by atoms with E-state index >= 15 is 0 Å². The number of likely N-dealkylation sites (N-methyl/N-ethyl adjacent to an activating group) is 1. The van der Waals surface area contributed by atoms with Crippen LogP contribution in [0.3, 0.4) is 0 Å². The van der Waals surface area contributed by atoms with E-state index < -0.39 is 0 Å². The number of nitrogens with one attached hydrogen (secondary N) is 2. The third kappa shape index (κ3) is 5.18. The van der Waals surface area contributed by atoms with Crippen LogP contribution in [0.5, 0.6) is 0 Å². The Morgan fingerprint density at radius 1 is 1.21 bits per heavy atom. The number of para-hydroxylation sites is 1. The lowest BCUT2D eigenvalue weighted by molar-refractivity contribution is -0.126. The molecular weight excluding hydrogens is 364 g/mol. The van der Waals surface area contributed by atoms with Crippen molar-refractivity contribution in [3.63, 3.8) is 0 Å². The van der Waals surface area contributed by atoms with Crippen molar-refractivity contribution in [2.75, 3.05) is 39.3 Å². The number of amides is 2. The maximum absolute atomic E-state index is 12.9. The standard InChI is InChI=1S/C23H34N4O2/c1-4-26(5-2)15-12-24-22(28)17(3)18-10-13-27(14-11-18)23(29)21-16-19-8-6-7-9-20(19)25-21/h6-9,16-18,25H,4-5,10-15H2,1-3H3,(H,24,28)/t17-/m1/s1. The summed E-state index contributed by atoms with van der Waals surface area (Å²) < 4.78 is 0. The molecule has 1 aromatic heterocycles. The molecule has 29 heavy (non-hydrogen) atoms. The number of carbonyl (C=O) groups excluding carboxylic acids is 2. The van der Waals surface area contributed by atoms with E-state index in [0.29, 0.717) is 31.2 Å². The SMILES string of the molecule is CCN(CC)CCNC(=O)[C@H](C)C1CCN(C(=O)c2cc3ccccc3[nH]2)CC1. The Morgan fingerprint density at radius 2 is 1.90 bits per heavy atom. The second-order valence-corrected chi connectivity index (χ2v) is 8.01. The van der Waals surface area contributed by atoms with Gasteiger partial charge in [-0.3, -0.25) is 9.59 Å². The van der Waals surface area contributed by atoms with Crippen molar-refractivity contribution in [3.05, 3.63) is 36.0 Å². The molecule has 0 aliphatic carbocycles. The lowest BCUT2D eigenvalue weighted by atomic mass is 9.84. The number of fused-ring (bicyclic) bond motifs is 1. The smallest absolute Gasteiger partial charge is 0.270 e. The quantitative estimate of drug-likeness (QED) is 0.718. The van der Waals surface area contributed by atoms with Crippen LogP contribution in [0.4, 0.5) is 0 Å². The van der Waals surface area contributed by atoms with Crippen molar-refractivity contribution < 1.29 is 9.59 Å². The molecule has 0 spiro atoms. The zero-order valence-corrected chi connectivity index (χ0v) is 17.9. The first-order valence-electron chi connectivity index (χ1n) is 10.9. The molecule has 158 valence electrons. The molecule has 6 nitrogen and oxygen atoms in total. The third-order valence-corrected chi connectivity index (χ3v) is 6.33. The topological polar surface area (TPSA) is 68.4 Å². The van der Waals surface area contributed by atoms with E-state index in [9.17, 15) is 9.59 Å². The van der Waals surface area contributed by atoms with E-state index in [2.05, 4.69) is 29.0 Å². The molecule has 0 radical (unpaired) electrons. The summed E-state index contributed by atoms with van der Waals surface area (Å²) in [4.78, 5) is 32.8. The number of likely N-dealkylation sites (tertiary alicyclic amines) is 1. The summed E-state index contributed by atoms with van der Waals surface area (Å²) in [6.07, 6.45) is 1.74. The van der Waals surface area contributed by atoms with Crippen LogP contribution in [0, 0.1) is 11.8 Å². The first-order valence-corrected chi connectivity index (χ1v) is 10.9. The maximum atomic E-state index is 12.9. The van der Waals surface area contributed by atoms with Gasteiger partial charge in [0.2, 0.25) is 5.91 Å². The normalized spacial score (nSPS) is 16.3. The molecule has 1 aliphatic heterocycles. The second kappa shape index (κ2) is 9.92. The Morgan fingerprint density at radius 3 is 2.55 bits per heavy atom. The third-order valence-electron chi connectivity index (χ3n) is 6.33. The number of piperidine rings is 1. The van der Waals surface area contributed by atoms with Crippen LogP contribution in [0.1, 0.15) is 44.1 Å². The van der Waals surface area contributed by atoms with Gasteiger partial charge < -0.3 is 20.1 Å². The van der Waals surface area contributed by atoms with Gasteiger partial charge >= 0.3 is 0 Å². The molecule has 1 aliphatic rings. The van der Waals surface area contributed by atoms with E-state index in [0.717, 1.165) is 43.4 Å². The van der Waals surface area contributed by atoms with Gasteiger partial charge in [0.1, 0.15) is 5.69 Å². The van der Waals surface area contributed by atoms with Crippen molar-refractivity contribution in [3.8, 4) is 0 Å². The summed E-state index contributed by atoms with van der Waals surface area (Å²) in [7, 11) is 0. The number of carbonyl (C=O) groups is 2. The second-order valence-electron chi connectivity index (χ2n) is 8.01. The molecular formula is C23H34N4O2. The zero-order valence-electron chi connectivity index (χ0n) is 17.9. The monoisotopic (exact) mass is 398 g/mol. The predicted molar refractivity (Wildman–Crippen MR) is 117 cm³/mol. The summed E-state index contributed by atoms with van der Waals surface area (Å²) in [5.74, 6) is 0.501. The van der Waals surface area contributed by atoms with Crippen molar-refractivity contribution in [2.24, 2.45) is 11.8 Å². The fourth-order valence-corrected chi connectivity index (χ4v) is 4.21. The number of nitrogens with zero attached hydrogens (tertiary/aromatic N) is 2. The Bertz CT molecular complexity index is 786. The number of hydrogen-bond donors (Lipinski definition) is 2. The van der Waals surface area contributed by atoms with Crippen LogP contribution in [-0.4, -0.2) is 65.9 Å². The molecule has 3 rings (SSSR count). The number of hydrogen-bond acceptors (Lipinski definition) is 3. The lowest BCUT2D eigenvalue weighted by Gasteiger charge is -2.34. The van der Waals surface area contributed by atoms with Crippen LogP contribution in [-0.2, 0) is 4.79 Å². The molecule has 1 aromatic carbocycles. The molecule has 2 N–H and O–H groups in total. The summed E-state index contributed by atoms with van der Waals surface area (Å²) in [6, 6.07) is 9.86. The number of aromatic nitrogens is 1. The van der Waals surface area contributed by atoms with Crippen LogP contribution < -0.4 is 5.32 Å². The van der Waals surface area contributed by atoms with E-state index in [4.69, 9.17) is 0 Å². The van der Waals surface area contributed by atoms with Gasteiger partial charge in [0.05, 0.1) is 0 Å². The highest BCUT2D eigenvalue weighted by Gasteiger charge is 2.30. The fourth-order valence-electron chi connectivity index (χ4n) is 4.21. The van der Waals surface area contributed by atoms with E-state index in [1.54, 1.807) is 0 Å². The molecule has 2 amide bonds. The summed E-state index contributed by atoms with van der Waals surface area (Å²) in [5, 5.41) is 4.14. The summed E-state index contributed by atoms with van der Waals surface area (Å²) in [5.41, 5.74) is 1.63. The van der Waals surface area contributed by atoms with Gasteiger partial charge in [0.15, 0.2) is 0 Å². The van der Waals surface area contributed by atoms with Gasteiger partial charge in [-0.1, -0.05) is 39.0 Å². The largest absolute Gasteiger partial charge is 0.355 e. The van der Waals surface area contributed by atoms with Gasteiger partial charge in [0, 0.05) is 43.0 Å². The summed E-state index contributed by atoms with van der Waals surface area (Å²) in [6.45, 7) is 11.3. The van der Waals surface area contributed by atoms with Crippen molar-refractivity contribution in [1.29, 1.82) is 0 Å². The van der Waals surface area contributed by atoms with Crippen molar-refractivity contribution in [2.45, 2.75) is 33.6 Å². The van der Waals surface area contributed by atoms with Gasteiger partial charge in [-0.05, 0) is 44.0 Å². The average molecular weight is 399 g/mol. The van der Waals surface area contributed by atoms with Crippen LogP contribution in [0.25, 0.3) is 10.9 Å². The Hall–Kier alpha value is -2.34. The average Bonchev–Trinajstić information content (AvgIpc) is 3.20. The molecule has 2 heterocycles. The minimum atomic E-state index is -0.0166. The minimum Gasteiger partial charge on any atom is -0.355 e.